The van der Waals surface area contributed by atoms with Crippen molar-refractivity contribution >= 4 is 11.0 Å². The van der Waals surface area contributed by atoms with Crippen LogP contribution >= 0.6 is 0 Å². The van der Waals surface area contributed by atoms with Gasteiger partial charge in [0.1, 0.15) is 11.6 Å². The zero-order valence-electron chi connectivity index (χ0n) is 59.6. The van der Waals surface area contributed by atoms with Gasteiger partial charge in [-0.25, -0.2) is 4.98 Å². The van der Waals surface area contributed by atoms with E-state index in [0.717, 1.165) is 39.1 Å². The molecule has 0 fully saturated rings. The Morgan fingerprint density at radius 1 is 0.507 bits per heavy atom. The number of phenols is 1. The summed E-state index contributed by atoms with van der Waals surface area (Å²) in [5, 5.41) is 12.8. The van der Waals surface area contributed by atoms with Crippen molar-refractivity contribution in [3.8, 4) is 78.6 Å². The standard InChI is InChI=1S/C68H72N3O.Pt/c1-64(2,3)50-28-24-44(25-29-50)46-34-35-69-58(39-46)49-37-47(43-20-17-16-18-21-43)36-48(38-49)55-22-19-23-59-61(55)70-63(56-40-53(67(10,11)12)41-57(62(56)72)68(13,14)15)71(59)60-42-52(66(7,8)9)32-33-54(60)45-26-30-51(31-27-45)65(4,5)6;/h16-37,39-42,72H,1-15H3;/q-1;/i1D3,2D3,3D3,24D,25D,28D,29D,34D,35D,39D;. The first kappa shape index (κ1) is 35.7. The molecule has 0 bridgehead atoms. The Kier molecular flexibility index (Phi) is 9.54. The molecule has 0 aliphatic rings. The number of phenolic OH excluding ortho intramolecular Hbond substituents is 1. The molecule has 0 saturated heterocycles. The molecule has 0 unspecified atom stereocenters. The number of benzene rings is 7. The zero-order chi connectivity index (χ0) is 65.3. The first-order valence-electron chi connectivity index (χ1n) is 32.3. The predicted octanol–water partition coefficient (Wildman–Crippen LogP) is 18.4. The van der Waals surface area contributed by atoms with Gasteiger partial charge < -0.3 is 5.11 Å². The van der Waals surface area contributed by atoms with E-state index in [4.69, 9.17) is 22.8 Å². The quantitative estimate of drug-likeness (QED) is 0.162. The normalized spacial score (nSPS) is 16.2. The second kappa shape index (κ2) is 19.5. The van der Waals surface area contributed by atoms with Gasteiger partial charge in [-0.3, -0.25) is 9.55 Å². The van der Waals surface area contributed by atoms with E-state index in [2.05, 4.69) is 147 Å². The molecular formula is C68H72N3OPt-. The summed E-state index contributed by atoms with van der Waals surface area (Å²) in [4.78, 5) is 10.1. The van der Waals surface area contributed by atoms with Crippen LogP contribution in [0.3, 0.4) is 0 Å². The molecule has 0 radical (unpaired) electrons. The average molecular weight is 1160 g/mol. The number of nitrogens with zero attached hydrogens (tertiary/aromatic N) is 3. The summed E-state index contributed by atoms with van der Waals surface area (Å²) in [5.74, 6) is 0.511. The summed E-state index contributed by atoms with van der Waals surface area (Å²) >= 11 is 0. The van der Waals surface area contributed by atoms with Crippen molar-refractivity contribution < 1.29 is 48.1 Å². The Labute approximate surface area is 472 Å². The summed E-state index contributed by atoms with van der Waals surface area (Å²) < 4.78 is 142. The largest absolute Gasteiger partial charge is 0.507 e. The molecule has 2 heterocycles. The van der Waals surface area contributed by atoms with Crippen molar-refractivity contribution in [2.24, 2.45) is 0 Å². The van der Waals surface area contributed by atoms with Crippen LogP contribution in [-0.4, -0.2) is 19.6 Å². The van der Waals surface area contributed by atoms with E-state index in [-0.39, 0.29) is 54.3 Å². The van der Waals surface area contributed by atoms with E-state index in [9.17, 15) is 9.22 Å². The fourth-order valence-corrected chi connectivity index (χ4v) is 8.96. The Bertz CT molecular complexity index is 4170. The molecule has 0 saturated carbocycles. The molecule has 9 rings (SSSR count). The second-order valence-electron chi connectivity index (χ2n) is 22.9. The van der Waals surface area contributed by atoms with Crippen molar-refractivity contribution in [2.75, 3.05) is 0 Å². The van der Waals surface area contributed by atoms with Crippen LogP contribution in [0.25, 0.3) is 83.9 Å². The Morgan fingerprint density at radius 3 is 1.78 bits per heavy atom. The number of aromatic nitrogens is 3. The third kappa shape index (κ3) is 10.8. The summed E-state index contributed by atoms with van der Waals surface area (Å²) in [6, 6.07) is 34.8. The third-order valence-corrected chi connectivity index (χ3v) is 13.2. The minimum absolute atomic E-state index is 0. The SMILES string of the molecule is [2H]c1nc(-c2[c-]c(-c3cccc4c3nc(-c3cc(C(C)(C)C)cc(C(C)(C)C)c3O)n4-c3cc(C(C)(C)C)ccc3-c3ccc(C(C)(C)C)cc3)cc(-c3ccccc3)c2)c([2H])c(-c2c([2H])c([2H])c(C(C([2H])([2H])[2H])(C([2H])([2H])[2H])C([2H])([2H])[2H])c([2H])c2[2H])c1[2H].[Pt]. The monoisotopic (exact) mass is 1160 g/mol. The Morgan fingerprint density at radius 2 is 1.15 bits per heavy atom. The Balaban J connectivity index is 0.0000102. The minimum atomic E-state index is -3.94. The van der Waals surface area contributed by atoms with Gasteiger partial charge in [-0.1, -0.05) is 235 Å². The van der Waals surface area contributed by atoms with Crippen LogP contribution in [0.15, 0.2) is 158 Å². The van der Waals surface area contributed by atoms with E-state index in [1.54, 1.807) is 6.07 Å². The van der Waals surface area contributed by atoms with Gasteiger partial charge in [0.05, 0.1) is 31.9 Å². The number of imidazole rings is 1. The maximum absolute atomic E-state index is 12.8. The summed E-state index contributed by atoms with van der Waals surface area (Å²) in [7, 11) is 0. The van der Waals surface area contributed by atoms with E-state index >= 15 is 0 Å². The van der Waals surface area contributed by atoms with Crippen molar-refractivity contribution in [1.29, 1.82) is 0 Å². The Hall–Kier alpha value is -6.35. The molecule has 0 aliphatic carbocycles. The van der Waals surface area contributed by atoms with Gasteiger partial charge in [0.2, 0.25) is 0 Å². The average Bonchev–Trinajstić information content (AvgIpc) is 1.00. The van der Waals surface area contributed by atoms with Gasteiger partial charge in [-0.05, 0) is 95.8 Å². The topological polar surface area (TPSA) is 50.9 Å². The number of pyridine rings is 1. The van der Waals surface area contributed by atoms with Crippen LogP contribution < -0.4 is 0 Å². The molecule has 7 aromatic carbocycles. The fourth-order valence-electron chi connectivity index (χ4n) is 8.96. The molecule has 73 heavy (non-hydrogen) atoms. The number of fused-ring (bicyclic) bond motifs is 1. The van der Waals surface area contributed by atoms with E-state index < -0.39 is 90.5 Å². The summed E-state index contributed by atoms with van der Waals surface area (Å²) in [5.41, 5.74) is 2.24. The van der Waals surface area contributed by atoms with Gasteiger partial charge in [0.15, 0.2) is 0 Å². The van der Waals surface area contributed by atoms with E-state index in [0.29, 0.717) is 44.7 Å². The number of hydrogen-bond acceptors (Lipinski definition) is 3. The number of hydrogen-bond donors (Lipinski definition) is 1. The van der Waals surface area contributed by atoms with Crippen LogP contribution in [0.2, 0.25) is 0 Å². The van der Waals surface area contributed by atoms with Crippen LogP contribution in [0.4, 0.5) is 0 Å². The maximum Gasteiger partial charge on any atom is 0.148 e. The van der Waals surface area contributed by atoms with Crippen molar-refractivity contribution in [3.05, 3.63) is 192 Å². The van der Waals surface area contributed by atoms with Crippen molar-refractivity contribution in [1.82, 2.24) is 14.5 Å². The van der Waals surface area contributed by atoms with Gasteiger partial charge in [0.25, 0.3) is 0 Å². The smallest absolute Gasteiger partial charge is 0.148 e. The maximum atomic E-state index is 12.8. The molecule has 4 nitrogen and oxygen atoms in total. The van der Waals surface area contributed by atoms with Gasteiger partial charge in [-0.15, -0.1) is 23.8 Å². The van der Waals surface area contributed by atoms with Crippen LogP contribution in [0, 0.1) is 6.07 Å². The number of aromatic hydroxyl groups is 1. The molecule has 0 aliphatic heterocycles. The molecule has 0 spiro atoms. The fraction of sp³-hybridized carbons (Fsp3) is 0.294. The molecular weight excluding hydrogens is 1070 g/mol. The number of para-hydroxylation sites is 1. The molecule has 0 atom stereocenters. The number of rotatable bonds is 7. The molecule has 0 amide bonds. The molecule has 9 aromatic rings. The van der Waals surface area contributed by atoms with Gasteiger partial charge >= 0.3 is 0 Å². The predicted molar refractivity (Wildman–Crippen MR) is 305 cm³/mol. The van der Waals surface area contributed by atoms with Gasteiger partial charge in [0, 0.05) is 56.4 Å². The van der Waals surface area contributed by atoms with Crippen LogP contribution in [0.5, 0.6) is 5.75 Å². The summed E-state index contributed by atoms with van der Waals surface area (Å²) in [6.45, 7) is 13.7. The van der Waals surface area contributed by atoms with Crippen molar-refractivity contribution in [3.63, 3.8) is 0 Å². The van der Waals surface area contributed by atoms with Crippen LogP contribution in [-0.2, 0) is 48.1 Å². The molecule has 5 heteroatoms. The zero-order valence-corrected chi connectivity index (χ0v) is 45.8. The second-order valence-corrected chi connectivity index (χ2v) is 22.9. The van der Waals surface area contributed by atoms with E-state index in [1.165, 1.54) is 0 Å². The van der Waals surface area contributed by atoms with Crippen LogP contribution in [0.1, 0.15) is 153 Å². The first-order chi connectivity index (χ1) is 40.4. The van der Waals surface area contributed by atoms with E-state index in [1.807, 2.05) is 60.7 Å². The van der Waals surface area contributed by atoms with Crippen molar-refractivity contribution in [2.45, 2.75) is 131 Å². The first-order valence-corrected chi connectivity index (χ1v) is 24.3. The molecule has 1 N–H and O–H groups in total. The third-order valence-electron chi connectivity index (χ3n) is 13.2. The van der Waals surface area contributed by atoms with Gasteiger partial charge in [-0.2, -0.15) is 0 Å². The minimum Gasteiger partial charge on any atom is -0.507 e. The summed E-state index contributed by atoms with van der Waals surface area (Å²) in [6.07, 6.45) is -0.762. The molecule has 376 valence electrons. The molecule has 2 aromatic heterocycles.